The molecule has 1 N–H and O–H groups in total. The Bertz CT molecular complexity index is 1440. The van der Waals surface area contributed by atoms with Crippen molar-refractivity contribution in [2.75, 3.05) is 26.3 Å². The summed E-state index contributed by atoms with van der Waals surface area (Å²) in [5, 5.41) is 10.7. The van der Waals surface area contributed by atoms with Crippen LogP contribution < -0.4 is 9.47 Å². The topological polar surface area (TPSA) is 59.0 Å². The number of alkyl halides is 1. The Balaban J connectivity index is 1.40. The normalized spacial score (nSPS) is 15.7. The van der Waals surface area contributed by atoms with Crippen LogP contribution in [0.2, 0.25) is 0 Å². The monoisotopic (exact) mass is 537 g/mol. The lowest BCUT2D eigenvalue weighted by Gasteiger charge is -2.16. The lowest BCUT2D eigenvalue weighted by atomic mass is 9.97. The van der Waals surface area contributed by atoms with E-state index in [0.29, 0.717) is 55.3 Å². The highest BCUT2D eigenvalue weighted by molar-refractivity contribution is 7.21. The van der Waals surface area contributed by atoms with Gasteiger partial charge < -0.3 is 14.6 Å². The number of hydrogen-bond acceptors (Lipinski definition) is 6. The Morgan fingerprint density at radius 1 is 1.08 bits per heavy atom. The molecule has 8 heteroatoms. The van der Waals surface area contributed by atoms with Crippen LogP contribution in [0.25, 0.3) is 10.1 Å². The van der Waals surface area contributed by atoms with Gasteiger partial charge in [0.05, 0.1) is 6.67 Å². The van der Waals surface area contributed by atoms with Crippen molar-refractivity contribution < 1.29 is 28.2 Å². The van der Waals surface area contributed by atoms with Crippen molar-refractivity contribution in [1.29, 1.82) is 0 Å². The van der Waals surface area contributed by atoms with E-state index >= 15 is 0 Å². The molecule has 1 fully saturated rings. The zero-order valence-corrected chi connectivity index (χ0v) is 22.1. The minimum Gasteiger partial charge on any atom is -0.508 e. The molecule has 198 valence electrons. The van der Waals surface area contributed by atoms with Crippen LogP contribution in [0.4, 0.5) is 8.78 Å². The van der Waals surface area contributed by atoms with E-state index in [4.69, 9.17) is 9.47 Å². The van der Waals surface area contributed by atoms with Crippen LogP contribution in [0.3, 0.4) is 0 Å². The number of carbonyl (C=O) groups excluding carboxylic acids is 1. The first kappa shape index (κ1) is 26.1. The molecule has 1 aromatic heterocycles. The molecule has 0 amide bonds. The number of fused-ring (bicyclic) bond motifs is 1. The highest BCUT2D eigenvalue weighted by atomic mass is 32.1. The highest BCUT2D eigenvalue weighted by Crippen LogP contribution is 2.43. The molecule has 2 heterocycles. The van der Waals surface area contributed by atoms with E-state index in [1.54, 1.807) is 44.2 Å². The van der Waals surface area contributed by atoms with Crippen LogP contribution >= 0.6 is 11.3 Å². The molecule has 0 aliphatic carbocycles. The van der Waals surface area contributed by atoms with E-state index in [9.17, 15) is 18.7 Å². The summed E-state index contributed by atoms with van der Waals surface area (Å²) in [4.78, 5) is 16.3. The number of rotatable bonds is 9. The highest BCUT2D eigenvalue weighted by Gasteiger charge is 2.26. The second-order valence-corrected chi connectivity index (χ2v) is 10.7. The van der Waals surface area contributed by atoms with E-state index in [1.807, 2.05) is 12.1 Å². The molecular weight excluding hydrogens is 508 g/mol. The Hall–Kier alpha value is -3.49. The summed E-state index contributed by atoms with van der Waals surface area (Å²) < 4.78 is 39.4. The predicted molar refractivity (Wildman–Crippen MR) is 145 cm³/mol. The summed E-state index contributed by atoms with van der Waals surface area (Å²) in [6.45, 7) is 5.54. The number of benzene rings is 3. The zero-order valence-electron chi connectivity index (χ0n) is 21.3. The second kappa shape index (κ2) is 11.1. The fourth-order valence-electron chi connectivity index (χ4n) is 4.97. The number of aromatic hydroxyl groups is 1. The van der Waals surface area contributed by atoms with Gasteiger partial charge in [0.15, 0.2) is 5.75 Å². The molecule has 5 nitrogen and oxygen atoms in total. The van der Waals surface area contributed by atoms with Crippen molar-refractivity contribution >= 4 is 27.2 Å². The third-order valence-electron chi connectivity index (χ3n) is 6.74. The van der Waals surface area contributed by atoms with Crippen LogP contribution in [0, 0.1) is 19.7 Å². The number of halogens is 2. The molecule has 1 saturated heterocycles. The van der Waals surface area contributed by atoms with Crippen molar-refractivity contribution in [2.24, 2.45) is 0 Å². The maximum atomic E-state index is 13.9. The molecule has 0 unspecified atom stereocenters. The van der Waals surface area contributed by atoms with Gasteiger partial charge in [0.2, 0.25) is 5.78 Å². The molecule has 0 bridgehead atoms. The maximum Gasteiger partial charge on any atom is 0.207 e. The van der Waals surface area contributed by atoms with Gasteiger partial charge in [0.1, 0.15) is 34.0 Å². The number of hydrogen-bond donors (Lipinski definition) is 1. The molecular formula is C30H29F2NO4S. The number of aryl methyl sites for hydroxylation is 2. The third-order valence-corrected chi connectivity index (χ3v) is 7.87. The number of nitrogens with zero attached hydrogens (tertiary/aromatic N) is 1. The minimum absolute atomic E-state index is 0.0567. The first-order valence-corrected chi connectivity index (χ1v) is 13.4. The number of ether oxygens (including phenoxy) is 2. The summed E-state index contributed by atoms with van der Waals surface area (Å²) in [7, 11) is 0. The largest absolute Gasteiger partial charge is 0.508 e. The molecule has 1 atom stereocenters. The van der Waals surface area contributed by atoms with E-state index in [-0.39, 0.29) is 30.1 Å². The lowest BCUT2D eigenvalue weighted by Crippen LogP contribution is -2.26. The Morgan fingerprint density at radius 2 is 1.79 bits per heavy atom. The number of phenolic OH excluding ortho intramolecular Hbond substituents is 1. The molecule has 0 saturated carbocycles. The molecule has 0 spiro atoms. The summed E-state index contributed by atoms with van der Waals surface area (Å²) in [5.41, 5.74) is 1.54. The fourth-order valence-corrected chi connectivity index (χ4v) is 6.08. The fraction of sp³-hybridized carbons (Fsp3) is 0.300. The predicted octanol–water partition coefficient (Wildman–Crippen LogP) is 7.20. The van der Waals surface area contributed by atoms with Crippen molar-refractivity contribution in [2.45, 2.75) is 32.8 Å². The SMILES string of the molecule is Cc1cc(F)cc(C)c1C(=O)c1sc2cc(O)ccc2c1Oc1ccc(O[C@@H]2CCN(CCCF)C2)cc1. The van der Waals surface area contributed by atoms with Gasteiger partial charge in [0, 0.05) is 35.3 Å². The van der Waals surface area contributed by atoms with Crippen LogP contribution in [0.15, 0.2) is 54.6 Å². The average molecular weight is 538 g/mol. The zero-order chi connectivity index (χ0) is 26.8. The van der Waals surface area contributed by atoms with Crippen LogP contribution in [0.1, 0.15) is 39.2 Å². The van der Waals surface area contributed by atoms with Gasteiger partial charge in [-0.3, -0.25) is 14.1 Å². The molecule has 1 aliphatic rings. The molecule has 38 heavy (non-hydrogen) atoms. The number of phenols is 1. The standard InChI is InChI=1S/C30H29F2NO4S/c1-18-14-20(32)15-19(2)27(18)28(35)30-29(25-9-4-21(34)16-26(25)38-30)37-23-7-5-22(6-8-23)36-24-10-13-33(17-24)12-3-11-31/h4-9,14-16,24,34H,3,10-13,17H2,1-2H3/t24-/m1/s1. The molecule has 3 aromatic carbocycles. The average Bonchev–Trinajstić information content (AvgIpc) is 3.47. The number of thiophene rings is 1. The van der Waals surface area contributed by atoms with Gasteiger partial charge in [0.25, 0.3) is 0 Å². The summed E-state index contributed by atoms with van der Waals surface area (Å²) >= 11 is 1.23. The van der Waals surface area contributed by atoms with Crippen molar-refractivity contribution in [3.8, 4) is 23.0 Å². The first-order valence-electron chi connectivity index (χ1n) is 12.6. The minimum atomic E-state index is -0.387. The van der Waals surface area contributed by atoms with Crippen LogP contribution in [-0.2, 0) is 0 Å². The van der Waals surface area contributed by atoms with E-state index < -0.39 is 0 Å². The summed E-state index contributed by atoms with van der Waals surface area (Å²) in [5.74, 6) is 1.09. The number of carbonyl (C=O) groups is 1. The van der Waals surface area contributed by atoms with Crippen molar-refractivity contribution in [3.05, 3.63) is 82.0 Å². The van der Waals surface area contributed by atoms with E-state index in [0.717, 1.165) is 26.1 Å². The Labute approximate surface area is 224 Å². The van der Waals surface area contributed by atoms with Gasteiger partial charge in [-0.1, -0.05) is 0 Å². The molecule has 5 rings (SSSR count). The molecule has 4 aromatic rings. The van der Waals surface area contributed by atoms with Gasteiger partial charge >= 0.3 is 0 Å². The van der Waals surface area contributed by atoms with E-state index in [2.05, 4.69) is 4.90 Å². The molecule has 1 aliphatic heterocycles. The summed E-state index contributed by atoms with van der Waals surface area (Å²) in [6, 6.07) is 14.8. The Morgan fingerprint density at radius 3 is 2.50 bits per heavy atom. The number of likely N-dealkylation sites (tertiary alicyclic amines) is 1. The Kier molecular flexibility index (Phi) is 7.63. The first-order chi connectivity index (χ1) is 18.3. The summed E-state index contributed by atoms with van der Waals surface area (Å²) in [6.07, 6.45) is 1.49. The van der Waals surface area contributed by atoms with Gasteiger partial charge in [-0.05, 0) is 92.4 Å². The van der Waals surface area contributed by atoms with Crippen LogP contribution in [-0.4, -0.2) is 48.2 Å². The quantitative estimate of drug-likeness (QED) is 0.229. The van der Waals surface area contributed by atoms with Crippen molar-refractivity contribution in [1.82, 2.24) is 4.90 Å². The smallest absolute Gasteiger partial charge is 0.207 e. The van der Waals surface area contributed by atoms with Gasteiger partial charge in [-0.2, -0.15) is 0 Å². The van der Waals surface area contributed by atoms with Gasteiger partial charge in [-0.15, -0.1) is 11.3 Å². The van der Waals surface area contributed by atoms with Crippen LogP contribution in [0.5, 0.6) is 23.0 Å². The third kappa shape index (κ3) is 5.51. The van der Waals surface area contributed by atoms with Gasteiger partial charge in [-0.25, -0.2) is 4.39 Å². The molecule has 0 radical (unpaired) electrons. The maximum absolute atomic E-state index is 13.9. The number of ketones is 1. The van der Waals surface area contributed by atoms with E-state index in [1.165, 1.54) is 23.5 Å². The van der Waals surface area contributed by atoms with Crippen molar-refractivity contribution in [3.63, 3.8) is 0 Å². The lowest BCUT2D eigenvalue weighted by molar-refractivity contribution is 0.103. The second-order valence-electron chi connectivity index (χ2n) is 9.63.